The number of fused-ring (bicyclic) bond motifs is 1. The molecule has 2 aliphatic heterocycles. The predicted octanol–water partition coefficient (Wildman–Crippen LogP) is 3.85. The number of pyridine rings is 1. The van der Waals surface area contributed by atoms with Gasteiger partial charge in [0.05, 0.1) is 10.4 Å². The molecule has 1 N–H and O–H groups in total. The summed E-state index contributed by atoms with van der Waals surface area (Å²) < 4.78 is 30.1. The summed E-state index contributed by atoms with van der Waals surface area (Å²) in [4.78, 5) is 29.1. The Hall–Kier alpha value is -2.49. The largest absolute Gasteiger partial charge is 0.352 e. The predicted molar refractivity (Wildman–Crippen MR) is 152 cm³/mol. The minimum absolute atomic E-state index is 0.0175. The van der Waals surface area contributed by atoms with E-state index in [1.165, 1.54) is 16.8 Å². The molecule has 1 aromatic carbocycles. The molecule has 2 aromatic rings. The summed E-state index contributed by atoms with van der Waals surface area (Å²) in [5.41, 5.74) is 0.142. The highest BCUT2D eigenvalue weighted by atomic mass is 32.2. The highest BCUT2D eigenvalue weighted by Gasteiger charge is 2.26. The van der Waals surface area contributed by atoms with Crippen molar-refractivity contribution in [3.05, 3.63) is 52.8 Å². The van der Waals surface area contributed by atoms with Gasteiger partial charge in [-0.2, -0.15) is 4.31 Å². The number of allylic oxidation sites excluding steroid dienone is 1. The number of likely N-dealkylation sites (tertiary alicyclic amines) is 1. The van der Waals surface area contributed by atoms with Crippen molar-refractivity contribution in [3.63, 3.8) is 0 Å². The van der Waals surface area contributed by atoms with Crippen molar-refractivity contribution in [1.82, 2.24) is 19.1 Å². The molecule has 0 aliphatic carbocycles. The zero-order chi connectivity index (χ0) is 27.3. The standard InChI is InChI=1S/C29H42N4O4S/c1-4-13-32-21-26(29(35)30-12-9-14-31-19-22(2)17-23(3)20-31)28(34)25-18-24(10-11-27(25)32)38(36,37)33-15-7-5-6-8-16-33/h4,10-11,18,21-23H,1,5-9,12-17,19-20H2,2-3H3,(H,30,35). The van der Waals surface area contributed by atoms with Crippen molar-refractivity contribution < 1.29 is 13.2 Å². The van der Waals surface area contributed by atoms with Gasteiger partial charge in [0.15, 0.2) is 0 Å². The first-order valence-electron chi connectivity index (χ1n) is 14.0. The van der Waals surface area contributed by atoms with Crippen LogP contribution in [0.5, 0.6) is 0 Å². The van der Waals surface area contributed by atoms with E-state index in [1.54, 1.807) is 29.0 Å². The number of rotatable bonds is 9. The number of carbonyl (C=O) groups is 1. The number of hydrogen-bond donors (Lipinski definition) is 1. The molecule has 0 bridgehead atoms. The molecule has 2 fully saturated rings. The highest BCUT2D eigenvalue weighted by Crippen LogP contribution is 2.24. The van der Waals surface area contributed by atoms with Gasteiger partial charge in [-0.05, 0) is 62.3 Å². The van der Waals surface area contributed by atoms with Gasteiger partial charge in [0.1, 0.15) is 5.56 Å². The van der Waals surface area contributed by atoms with Crippen molar-refractivity contribution in [2.75, 3.05) is 39.3 Å². The number of nitrogens with one attached hydrogen (secondary N) is 1. The fourth-order valence-electron chi connectivity index (χ4n) is 5.99. The average Bonchev–Trinajstić information content (AvgIpc) is 3.18. The van der Waals surface area contributed by atoms with E-state index < -0.39 is 21.4 Å². The van der Waals surface area contributed by atoms with E-state index in [9.17, 15) is 18.0 Å². The number of hydrogen-bond acceptors (Lipinski definition) is 5. The van der Waals surface area contributed by atoms with Crippen LogP contribution in [0.4, 0.5) is 0 Å². The molecule has 1 aromatic heterocycles. The lowest BCUT2D eigenvalue weighted by molar-refractivity contribution is 0.0945. The maximum atomic E-state index is 13.5. The molecule has 2 atom stereocenters. The molecule has 2 aliphatic rings. The average molecular weight is 543 g/mol. The molecule has 38 heavy (non-hydrogen) atoms. The van der Waals surface area contributed by atoms with Crippen LogP contribution in [0.2, 0.25) is 0 Å². The second kappa shape index (κ2) is 12.6. The van der Waals surface area contributed by atoms with Gasteiger partial charge in [0.2, 0.25) is 15.5 Å². The molecule has 2 unspecified atom stereocenters. The maximum absolute atomic E-state index is 13.5. The van der Waals surface area contributed by atoms with E-state index in [2.05, 4.69) is 30.6 Å². The van der Waals surface area contributed by atoms with E-state index >= 15 is 0 Å². The molecule has 9 heteroatoms. The van der Waals surface area contributed by atoms with Gasteiger partial charge in [-0.25, -0.2) is 8.42 Å². The third-order valence-corrected chi connectivity index (χ3v) is 9.60. The Morgan fingerprint density at radius 1 is 1.11 bits per heavy atom. The van der Waals surface area contributed by atoms with Crippen LogP contribution < -0.4 is 10.7 Å². The summed E-state index contributed by atoms with van der Waals surface area (Å²) in [6.45, 7) is 13.3. The number of benzene rings is 1. The molecule has 208 valence electrons. The molecule has 3 heterocycles. The first-order chi connectivity index (χ1) is 18.2. The highest BCUT2D eigenvalue weighted by molar-refractivity contribution is 7.89. The van der Waals surface area contributed by atoms with E-state index in [-0.39, 0.29) is 15.8 Å². The van der Waals surface area contributed by atoms with Gasteiger partial charge >= 0.3 is 0 Å². The first kappa shape index (κ1) is 28.5. The van der Waals surface area contributed by atoms with Crippen molar-refractivity contribution in [2.45, 2.75) is 63.8 Å². The van der Waals surface area contributed by atoms with E-state index in [0.717, 1.165) is 51.7 Å². The lowest BCUT2D eigenvalue weighted by atomic mass is 9.92. The fraction of sp³-hybridized carbons (Fsp3) is 0.586. The van der Waals surface area contributed by atoms with Crippen LogP contribution in [-0.4, -0.2) is 67.4 Å². The van der Waals surface area contributed by atoms with Crippen molar-refractivity contribution in [3.8, 4) is 0 Å². The second-order valence-corrected chi connectivity index (χ2v) is 13.1. The monoisotopic (exact) mass is 542 g/mol. The normalized spacial score (nSPS) is 21.7. The molecule has 4 rings (SSSR count). The summed E-state index contributed by atoms with van der Waals surface area (Å²) in [5, 5.41) is 3.14. The number of nitrogens with zero attached hydrogens (tertiary/aromatic N) is 3. The smallest absolute Gasteiger partial charge is 0.256 e. The van der Waals surface area contributed by atoms with E-state index in [1.807, 2.05) is 0 Å². The summed E-state index contributed by atoms with van der Waals surface area (Å²) in [7, 11) is -3.73. The zero-order valence-electron chi connectivity index (χ0n) is 22.8. The molecule has 0 radical (unpaired) electrons. The van der Waals surface area contributed by atoms with Gasteiger partial charge in [-0.1, -0.05) is 32.8 Å². The number of piperidine rings is 1. The molecular formula is C29H42N4O4S. The second-order valence-electron chi connectivity index (χ2n) is 11.1. The topological polar surface area (TPSA) is 91.7 Å². The van der Waals surface area contributed by atoms with Crippen molar-refractivity contribution >= 4 is 26.8 Å². The Morgan fingerprint density at radius 2 is 1.79 bits per heavy atom. The van der Waals surface area contributed by atoms with Gasteiger partial charge in [0.25, 0.3) is 5.91 Å². The Kier molecular flexibility index (Phi) is 9.44. The lowest BCUT2D eigenvalue weighted by Crippen LogP contribution is -2.40. The van der Waals surface area contributed by atoms with Crippen LogP contribution in [0, 0.1) is 11.8 Å². The molecule has 0 spiro atoms. The molecular weight excluding hydrogens is 500 g/mol. The molecule has 1 amide bonds. The zero-order valence-corrected chi connectivity index (χ0v) is 23.6. The lowest BCUT2D eigenvalue weighted by Gasteiger charge is -2.34. The van der Waals surface area contributed by atoms with Crippen LogP contribution in [0.1, 0.15) is 62.7 Å². The third kappa shape index (κ3) is 6.55. The van der Waals surface area contributed by atoms with Crippen LogP contribution in [0.15, 0.2) is 46.7 Å². The number of sulfonamides is 1. The van der Waals surface area contributed by atoms with Crippen LogP contribution >= 0.6 is 0 Å². The number of amides is 1. The summed E-state index contributed by atoms with van der Waals surface area (Å²) in [5.74, 6) is 0.931. The Balaban J connectivity index is 1.55. The Bertz CT molecular complexity index is 1300. The van der Waals surface area contributed by atoms with Gasteiger partial charge in [-0.15, -0.1) is 6.58 Å². The van der Waals surface area contributed by atoms with Gasteiger partial charge < -0.3 is 14.8 Å². The van der Waals surface area contributed by atoms with Crippen molar-refractivity contribution in [2.24, 2.45) is 11.8 Å². The summed E-state index contributed by atoms with van der Waals surface area (Å²) in [6, 6.07) is 4.66. The first-order valence-corrected chi connectivity index (χ1v) is 15.4. The Morgan fingerprint density at radius 3 is 2.45 bits per heavy atom. The van der Waals surface area contributed by atoms with E-state index in [0.29, 0.717) is 43.5 Å². The summed E-state index contributed by atoms with van der Waals surface area (Å²) >= 11 is 0. The molecule has 0 saturated carbocycles. The van der Waals surface area contributed by atoms with Crippen molar-refractivity contribution in [1.29, 1.82) is 0 Å². The van der Waals surface area contributed by atoms with E-state index in [4.69, 9.17) is 0 Å². The quantitative estimate of drug-likeness (QED) is 0.384. The fourth-order valence-corrected chi connectivity index (χ4v) is 7.54. The van der Waals surface area contributed by atoms with Gasteiger partial charge in [-0.3, -0.25) is 9.59 Å². The van der Waals surface area contributed by atoms with Crippen LogP contribution in [-0.2, 0) is 16.6 Å². The Labute approximate surface area is 226 Å². The van der Waals surface area contributed by atoms with Crippen LogP contribution in [0.3, 0.4) is 0 Å². The molecule has 2 saturated heterocycles. The maximum Gasteiger partial charge on any atom is 0.256 e. The number of aromatic nitrogens is 1. The molecule has 8 nitrogen and oxygen atoms in total. The summed E-state index contributed by atoms with van der Waals surface area (Å²) in [6.07, 6.45) is 9.01. The number of carbonyl (C=O) groups excluding carboxylic acids is 1. The van der Waals surface area contributed by atoms with Crippen LogP contribution in [0.25, 0.3) is 10.9 Å². The van der Waals surface area contributed by atoms with Gasteiger partial charge in [0, 0.05) is 50.9 Å². The third-order valence-electron chi connectivity index (χ3n) is 7.71. The SMILES string of the molecule is C=CCn1cc(C(=O)NCCCN2CC(C)CC(C)C2)c(=O)c2cc(S(=O)(=O)N3CCCCCC3)ccc21. The minimum atomic E-state index is -3.73. The minimum Gasteiger partial charge on any atom is -0.352 e.